The molecule has 0 fully saturated rings. The highest BCUT2D eigenvalue weighted by Gasteiger charge is 2.21. The number of hydrogen-bond acceptors (Lipinski definition) is 4. The lowest BCUT2D eigenvalue weighted by molar-refractivity contribution is 0.345. The Kier molecular flexibility index (Phi) is 9.71. The first-order chi connectivity index (χ1) is 12.4. The van der Waals surface area contributed by atoms with Crippen molar-refractivity contribution in [3.8, 4) is 0 Å². The molecule has 1 heterocycles. The van der Waals surface area contributed by atoms with Crippen molar-refractivity contribution < 1.29 is 0 Å². The van der Waals surface area contributed by atoms with Crippen LogP contribution < -0.4 is 16.0 Å². The summed E-state index contributed by atoms with van der Waals surface area (Å²) < 4.78 is 1.74. The highest BCUT2D eigenvalue weighted by molar-refractivity contribution is 14.0. The highest BCUT2D eigenvalue weighted by atomic mass is 127. The summed E-state index contributed by atoms with van der Waals surface area (Å²) in [5.41, 5.74) is 1.18. The predicted octanol–water partition coefficient (Wildman–Crippen LogP) is 2.62. The van der Waals surface area contributed by atoms with E-state index in [4.69, 9.17) is 0 Å². The number of rotatable bonds is 8. The molecule has 0 amide bonds. The van der Waals surface area contributed by atoms with Crippen LogP contribution >= 0.6 is 24.0 Å². The van der Waals surface area contributed by atoms with Gasteiger partial charge in [0.05, 0.1) is 0 Å². The van der Waals surface area contributed by atoms with Crippen molar-refractivity contribution in [3.05, 3.63) is 48.0 Å². The number of guanidine groups is 1. The van der Waals surface area contributed by atoms with Gasteiger partial charge in [0.2, 0.25) is 0 Å². The van der Waals surface area contributed by atoms with Gasteiger partial charge in [-0.3, -0.25) is 4.68 Å². The molecule has 150 valence electrons. The Labute approximate surface area is 179 Å². The molecule has 1 atom stereocenters. The zero-order chi connectivity index (χ0) is 19.0. The van der Waals surface area contributed by atoms with Crippen LogP contribution in [0.25, 0.3) is 0 Å². The molecule has 0 radical (unpaired) electrons. The molecule has 0 aliphatic carbocycles. The first-order valence-corrected chi connectivity index (χ1v) is 9.09. The fraction of sp³-hybridized carbons (Fsp3) is 0.526. The van der Waals surface area contributed by atoms with E-state index in [9.17, 15) is 0 Å². The highest BCUT2D eigenvalue weighted by Crippen LogP contribution is 2.15. The second-order valence-corrected chi connectivity index (χ2v) is 7.01. The first-order valence-electron chi connectivity index (χ1n) is 9.09. The van der Waals surface area contributed by atoms with E-state index in [-0.39, 0.29) is 35.6 Å². The van der Waals surface area contributed by atoms with Gasteiger partial charge in [-0.2, -0.15) is 5.10 Å². The van der Waals surface area contributed by atoms with Crippen LogP contribution in [0.15, 0.2) is 41.7 Å². The van der Waals surface area contributed by atoms with E-state index >= 15 is 0 Å². The van der Waals surface area contributed by atoms with Gasteiger partial charge >= 0.3 is 0 Å². The number of benzene rings is 1. The molecule has 8 heteroatoms. The Morgan fingerprint density at radius 2 is 1.93 bits per heavy atom. The molecule has 1 unspecified atom stereocenters. The fourth-order valence-electron chi connectivity index (χ4n) is 2.72. The standard InChI is InChI=1S/C19H31N7.HI/c1-6-20-18(21-12-17-23-14-24-26(17)5)22-13-19(3,4)25-15(2)16-10-8-7-9-11-16;/h7-11,14-15,25H,6,12-13H2,1-5H3,(H2,20,21,22);1H. The molecule has 0 saturated carbocycles. The third kappa shape index (κ3) is 7.84. The summed E-state index contributed by atoms with van der Waals surface area (Å²) in [5.74, 6) is 1.61. The minimum absolute atomic E-state index is 0. The second kappa shape index (κ2) is 11.2. The van der Waals surface area contributed by atoms with Gasteiger partial charge in [-0.25, -0.2) is 9.98 Å². The van der Waals surface area contributed by atoms with Crippen molar-refractivity contribution in [1.29, 1.82) is 0 Å². The van der Waals surface area contributed by atoms with Gasteiger partial charge in [0.25, 0.3) is 0 Å². The molecule has 0 spiro atoms. The van der Waals surface area contributed by atoms with Crippen molar-refractivity contribution in [2.45, 2.75) is 45.8 Å². The van der Waals surface area contributed by atoms with Crippen LogP contribution in [-0.2, 0) is 13.6 Å². The van der Waals surface area contributed by atoms with Gasteiger partial charge < -0.3 is 16.0 Å². The van der Waals surface area contributed by atoms with Crippen LogP contribution in [0.1, 0.15) is 45.1 Å². The lowest BCUT2D eigenvalue weighted by Crippen LogP contribution is -2.52. The Balaban J connectivity index is 0.00000364. The van der Waals surface area contributed by atoms with E-state index in [0.717, 1.165) is 24.9 Å². The van der Waals surface area contributed by atoms with Gasteiger partial charge in [-0.1, -0.05) is 30.3 Å². The monoisotopic (exact) mass is 485 g/mol. The molecule has 2 aromatic rings. The van der Waals surface area contributed by atoms with Gasteiger partial charge in [0.1, 0.15) is 18.7 Å². The number of aryl methyl sites for hydroxylation is 1. The summed E-state index contributed by atoms with van der Waals surface area (Å²) in [5, 5.41) is 14.4. The molecule has 7 nitrogen and oxygen atoms in total. The van der Waals surface area contributed by atoms with E-state index in [0.29, 0.717) is 6.54 Å². The summed E-state index contributed by atoms with van der Waals surface area (Å²) in [7, 11) is 1.87. The second-order valence-electron chi connectivity index (χ2n) is 7.01. The third-order valence-electron chi connectivity index (χ3n) is 4.13. The minimum atomic E-state index is -0.101. The van der Waals surface area contributed by atoms with Crippen molar-refractivity contribution in [2.24, 2.45) is 12.0 Å². The molecule has 0 aliphatic heterocycles. The summed E-state index contributed by atoms with van der Waals surface area (Å²) in [6.07, 6.45) is 1.54. The maximum absolute atomic E-state index is 4.60. The SMILES string of the molecule is CCNC(=NCc1ncnn1C)NCC(C)(C)NC(C)c1ccccc1.I. The number of halogens is 1. The average molecular weight is 485 g/mol. The van der Waals surface area contributed by atoms with E-state index in [1.165, 1.54) is 5.56 Å². The quantitative estimate of drug-likeness (QED) is 0.305. The molecule has 0 aliphatic rings. The maximum atomic E-state index is 4.60. The zero-order valence-corrected chi connectivity index (χ0v) is 19.2. The number of aliphatic imine (C=N–C) groups is 1. The normalized spacial score (nSPS) is 13.0. The van der Waals surface area contributed by atoms with Gasteiger partial charge in [-0.15, -0.1) is 24.0 Å². The number of nitrogens with one attached hydrogen (secondary N) is 3. The summed E-state index contributed by atoms with van der Waals surface area (Å²) in [4.78, 5) is 8.81. The molecular formula is C19H32IN7. The predicted molar refractivity (Wildman–Crippen MR) is 121 cm³/mol. The zero-order valence-electron chi connectivity index (χ0n) is 16.9. The van der Waals surface area contributed by atoms with E-state index in [2.05, 4.69) is 83.0 Å². The summed E-state index contributed by atoms with van der Waals surface area (Å²) in [6, 6.07) is 10.7. The minimum Gasteiger partial charge on any atom is -0.357 e. The molecule has 27 heavy (non-hydrogen) atoms. The topological polar surface area (TPSA) is 79.2 Å². The molecular weight excluding hydrogens is 453 g/mol. The van der Waals surface area contributed by atoms with E-state index < -0.39 is 0 Å². The molecule has 1 aromatic heterocycles. The average Bonchev–Trinajstić information content (AvgIpc) is 3.03. The van der Waals surface area contributed by atoms with Crippen LogP contribution in [-0.4, -0.2) is 39.4 Å². The largest absolute Gasteiger partial charge is 0.357 e. The van der Waals surface area contributed by atoms with Crippen LogP contribution in [0.3, 0.4) is 0 Å². The third-order valence-corrected chi connectivity index (χ3v) is 4.13. The molecule has 1 aromatic carbocycles. The van der Waals surface area contributed by atoms with E-state index in [1.54, 1.807) is 11.0 Å². The number of nitrogens with zero attached hydrogens (tertiary/aromatic N) is 4. The first kappa shape index (κ1) is 23.4. The maximum Gasteiger partial charge on any atom is 0.191 e. The van der Waals surface area contributed by atoms with Crippen molar-refractivity contribution in [3.63, 3.8) is 0 Å². The lowest BCUT2D eigenvalue weighted by Gasteiger charge is -2.31. The van der Waals surface area contributed by atoms with Crippen LogP contribution in [0.4, 0.5) is 0 Å². The van der Waals surface area contributed by atoms with Crippen molar-refractivity contribution in [2.75, 3.05) is 13.1 Å². The Morgan fingerprint density at radius 1 is 1.22 bits per heavy atom. The van der Waals surface area contributed by atoms with Crippen molar-refractivity contribution in [1.82, 2.24) is 30.7 Å². The lowest BCUT2D eigenvalue weighted by atomic mass is 10.0. The molecule has 0 saturated heterocycles. The Hall–Kier alpha value is -1.68. The van der Waals surface area contributed by atoms with Gasteiger partial charge in [0.15, 0.2) is 5.96 Å². The van der Waals surface area contributed by atoms with Crippen LogP contribution in [0.2, 0.25) is 0 Å². The van der Waals surface area contributed by atoms with Gasteiger partial charge in [0, 0.05) is 31.7 Å². The van der Waals surface area contributed by atoms with Gasteiger partial charge in [-0.05, 0) is 33.3 Å². The number of hydrogen-bond donors (Lipinski definition) is 3. The van der Waals surface area contributed by atoms with Crippen molar-refractivity contribution >= 4 is 29.9 Å². The van der Waals surface area contributed by atoms with E-state index in [1.807, 2.05) is 13.1 Å². The fourth-order valence-corrected chi connectivity index (χ4v) is 2.72. The smallest absolute Gasteiger partial charge is 0.191 e. The number of aromatic nitrogens is 3. The summed E-state index contributed by atoms with van der Waals surface area (Å²) >= 11 is 0. The summed E-state index contributed by atoms with van der Waals surface area (Å²) in [6.45, 7) is 10.6. The molecule has 0 bridgehead atoms. The Bertz CT molecular complexity index is 697. The Morgan fingerprint density at radius 3 is 2.52 bits per heavy atom. The molecule has 2 rings (SSSR count). The molecule has 3 N–H and O–H groups in total. The van der Waals surface area contributed by atoms with Crippen LogP contribution in [0.5, 0.6) is 0 Å². The van der Waals surface area contributed by atoms with Crippen LogP contribution in [0, 0.1) is 0 Å².